The molecular formula is C22H27N5O4. The molecule has 0 unspecified atom stereocenters. The standard InChI is InChI=1S/C22H27N5O4/c1-14-17(6-5-9-23-14)30-20-16-12-18(28)27(19(16)24-13-25-20)15-7-10-26(11-8-15)21(29)31-22(2,3)4/h5-6,9,13,15H,7-8,10-12H2,1-4H3. The molecule has 4 heterocycles. The van der Waals surface area contributed by atoms with E-state index in [9.17, 15) is 9.59 Å². The summed E-state index contributed by atoms with van der Waals surface area (Å²) in [6.45, 7) is 8.47. The maximum Gasteiger partial charge on any atom is 0.410 e. The lowest BCUT2D eigenvalue weighted by atomic mass is 10.0. The summed E-state index contributed by atoms with van der Waals surface area (Å²) in [5.74, 6) is 1.54. The number of aromatic nitrogens is 3. The van der Waals surface area contributed by atoms with Gasteiger partial charge >= 0.3 is 6.09 Å². The average molecular weight is 425 g/mol. The number of anilines is 1. The zero-order chi connectivity index (χ0) is 22.2. The van der Waals surface area contributed by atoms with Crippen molar-refractivity contribution in [1.82, 2.24) is 19.9 Å². The molecule has 0 aromatic carbocycles. The van der Waals surface area contributed by atoms with Crippen molar-refractivity contribution in [2.75, 3.05) is 18.0 Å². The minimum atomic E-state index is -0.530. The monoisotopic (exact) mass is 425 g/mol. The molecule has 0 N–H and O–H groups in total. The molecule has 1 saturated heterocycles. The molecule has 9 nitrogen and oxygen atoms in total. The topological polar surface area (TPSA) is 97.7 Å². The van der Waals surface area contributed by atoms with Crippen molar-refractivity contribution in [3.63, 3.8) is 0 Å². The molecule has 0 bridgehead atoms. The van der Waals surface area contributed by atoms with Crippen LogP contribution in [0.1, 0.15) is 44.9 Å². The molecule has 9 heteroatoms. The number of aryl methyl sites for hydroxylation is 1. The van der Waals surface area contributed by atoms with E-state index in [0.29, 0.717) is 48.9 Å². The summed E-state index contributed by atoms with van der Waals surface area (Å²) in [6.07, 6.45) is 4.31. The maximum absolute atomic E-state index is 12.9. The van der Waals surface area contributed by atoms with E-state index in [1.807, 2.05) is 33.8 Å². The number of pyridine rings is 1. The second kappa shape index (κ2) is 8.13. The summed E-state index contributed by atoms with van der Waals surface area (Å²) in [7, 11) is 0. The first-order valence-corrected chi connectivity index (χ1v) is 10.5. The van der Waals surface area contributed by atoms with Crippen molar-refractivity contribution in [3.05, 3.63) is 35.9 Å². The first-order valence-electron chi connectivity index (χ1n) is 10.5. The molecule has 1 fully saturated rings. The van der Waals surface area contributed by atoms with E-state index in [1.54, 1.807) is 22.1 Å². The summed E-state index contributed by atoms with van der Waals surface area (Å²) in [6, 6.07) is 3.58. The Morgan fingerprint density at radius 2 is 1.90 bits per heavy atom. The predicted octanol–water partition coefficient (Wildman–Crippen LogP) is 3.26. The van der Waals surface area contributed by atoms with Crippen molar-refractivity contribution in [3.8, 4) is 11.6 Å². The summed E-state index contributed by atoms with van der Waals surface area (Å²) in [5.41, 5.74) is 0.897. The Balaban J connectivity index is 1.49. The lowest BCUT2D eigenvalue weighted by molar-refractivity contribution is -0.118. The van der Waals surface area contributed by atoms with E-state index < -0.39 is 5.60 Å². The van der Waals surface area contributed by atoms with Crippen LogP contribution in [0.5, 0.6) is 11.6 Å². The molecule has 2 amide bonds. The first-order chi connectivity index (χ1) is 14.7. The van der Waals surface area contributed by atoms with E-state index in [4.69, 9.17) is 9.47 Å². The van der Waals surface area contributed by atoms with Gasteiger partial charge in [0.2, 0.25) is 11.8 Å². The molecule has 2 aliphatic rings. The first kappa shape index (κ1) is 21.0. The van der Waals surface area contributed by atoms with Crippen LogP contribution in [0.15, 0.2) is 24.7 Å². The Labute approximate surface area is 181 Å². The number of hydrogen-bond donors (Lipinski definition) is 0. The van der Waals surface area contributed by atoms with Gasteiger partial charge in [-0.25, -0.2) is 14.8 Å². The van der Waals surface area contributed by atoms with Gasteiger partial charge in [-0.15, -0.1) is 0 Å². The van der Waals surface area contributed by atoms with Crippen LogP contribution in [0.4, 0.5) is 10.6 Å². The van der Waals surface area contributed by atoms with Gasteiger partial charge in [0.15, 0.2) is 5.75 Å². The number of carbonyl (C=O) groups is 2. The summed E-state index contributed by atoms with van der Waals surface area (Å²) < 4.78 is 11.4. The second-order valence-corrected chi connectivity index (χ2v) is 8.81. The molecule has 2 aromatic rings. The highest BCUT2D eigenvalue weighted by atomic mass is 16.6. The third kappa shape index (κ3) is 4.45. The van der Waals surface area contributed by atoms with Gasteiger partial charge < -0.3 is 14.4 Å². The van der Waals surface area contributed by atoms with Gasteiger partial charge in [-0.3, -0.25) is 14.7 Å². The van der Waals surface area contributed by atoms with Crippen molar-refractivity contribution >= 4 is 17.8 Å². The summed E-state index contributed by atoms with van der Waals surface area (Å²) in [5, 5.41) is 0. The Kier molecular flexibility index (Phi) is 5.51. The number of nitrogens with zero attached hydrogens (tertiary/aromatic N) is 5. The fraction of sp³-hybridized carbons (Fsp3) is 0.500. The van der Waals surface area contributed by atoms with Crippen molar-refractivity contribution in [1.29, 1.82) is 0 Å². The predicted molar refractivity (Wildman–Crippen MR) is 113 cm³/mol. The number of rotatable bonds is 3. The van der Waals surface area contributed by atoms with Crippen LogP contribution in [0.25, 0.3) is 0 Å². The molecule has 31 heavy (non-hydrogen) atoms. The second-order valence-electron chi connectivity index (χ2n) is 8.81. The van der Waals surface area contributed by atoms with Crippen LogP contribution in [-0.4, -0.2) is 56.6 Å². The number of amides is 2. The van der Waals surface area contributed by atoms with Crippen LogP contribution in [0.2, 0.25) is 0 Å². The number of likely N-dealkylation sites (tertiary alicyclic amines) is 1. The van der Waals surface area contributed by atoms with Gasteiger partial charge in [0.25, 0.3) is 0 Å². The number of carbonyl (C=O) groups excluding carboxylic acids is 2. The largest absolute Gasteiger partial charge is 0.444 e. The summed E-state index contributed by atoms with van der Waals surface area (Å²) >= 11 is 0. The molecule has 2 aromatic heterocycles. The van der Waals surface area contributed by atoms with Crippen molar-refractivity contribution in [2.45, 2.75) is 58.6 Å². The van der Waals surface area contributed by atoms with Gasteiger partial charge in [0.05, 0.1) is 17.7 Å². The minimum absolute atomic E-state index is 0.0287. The smallest absolute Gasteiger partial charge is 0.410 e. The zero-order valence-electron chi connectivity index (χ0n) is 18.3. The van der Waals surface area contributed by atoms with Crippen LogP contribution >= 0.6 is 0 Å². The fourth-order valence-electron chi connectivity index (χ4n) is 3.88. The molecule has 0 atom stereocenters. The van der Waals surface area contributed by atoms with Gasteiger partial charge in [0.1, 0.15) is 17.7 Å². The lowest BCUT2D eigenvalue weighted by Crippen LogP contribution is -2.49. The number of piperidine rings is 1. The Morgan fingerprint density at radius 1 is 1.16 bits per heavy atom. The molecule has 4 rings (SSSR count). The van der Waals surface area contributed by atoms with Crippen LogP contribution in [0, 0.1) is 6.92 Å². The minimum Gasteiger partial charge on any atom is -0.444 e. The molecule has 164 valence electrons. The Morgan fingerprint density at radius 3 is 2.58 bits per heavy atom. The van der Waals surface area contributed by atoms with Gasteiger partial charge in [-0.1, -0.05) is 0 Å². The van der Waals surface area contributed by atoms with Crippen LogP contribution in [-0.2, 0) is 16.0 Å². The molecule has 0 spiro atoms. The molecule has 0 saturated carbocycles. The SMILES string of the molecule is Cc1ncccc1Oc1ncnc2c1CC(=O)N2C1CCN(C(=O)OC(C)(C)C)CC1. The summed E-state index contributed by atoms with van der Waals surface area (Å²) in [4.78, 5) is 41.5. The van der Waals surface area contributed by atoms with E-state index in [2.05, 4.69) is 15.0 Å². The molecule has 0 aliphatic carbocycles. The normalized spacial score (nSPS) is 17.0. The van der Waals surface area contributed by atoms with Crippen LogP contribution < -0.4 is 9.64 Å². The maximum atomic E-state index is 12.9. The Hall–Kier alpha value is -3.23. The zero-order valence-corrected chi connectivity index (χ0v) is 18.3. The highest BCUT2D eigenvalue weighted by Crippen LogP contribution is 2.37. The number of ether oxygens (including phenoxy) is 2. The number of hydrogen-bond acceptors (Lipinski definition) is 7. The van der Waals surface area contributed by atoms with Crippen molar-refractivity contribution in [2.24, 2.45) is 0 Å². The molecule has 2 aliphatic heterocycles. The van der Waals surface area contributed by atoms with Gasteiger partial charge in [-0.2, -0.15) is 0 Å². The molecular weight excluding hydrogens is 398 g/mol. The van der Waals surface area contributed by atoms with Gasteiger partial charge in [0, 0.05) is 25.3 Å². The Bertz CT molecular complexity index is 996. The fourth-order valence-corrected chi connectivity index (χ4v) is 3.88. The number of fused-ring (bicyclic) bond motifs is 1. The van der Waals surface area contributed by atoms with E-state index in [0.717, 1.165) is 5.69 Å². The van der Waals surface area contributed by atoms with Crippen LogP contribution in [0.3, 0.4) is 0 Å². The third-order valence-corrected chi connectivity index (χ3v) is 5.35. The van der Waals surface area contributed by atoms with E-state index >= 15 is 0 Å². The molecule has 0 radical (unpaired) electrons. The quantitative estimate of drug-likeness (QED) is 0.744. The van der Waals surface area contributed by atoms with Gasteiger partial charge in [-0.05, 0) is 52.7 Å². The van der Waals surface area contributed by atoms with Crippen molar-refractivity contribution < 1.29 is 19.1 Å². The third-order valence-electron chi connectivity index (χ3n) is 5.35. The van der Waals surface area contributed by atoms with E-state index in [-0.39, 0.29) is 24.5 Å². The lowest BCUT2D eigenvalue weighted by Gasteiger charge is -2.37. The highest BCUT2D eigenvalue weighted by Gasteiger charge is 2.39. The average Bonchev–Trinajstić information content (AvgIpc) is 3.05. The van der Waals surface area contributed by atoms with E-state index in [1.165, 1.54) is 6.33 Å². The highest BCUT2D eigenvalue weighted by molar-refractivity contribution is 6.01.